The van der Waals surface area contributed by atoms with Crippen molar-refractivity contribution in [2.24, 2.45) is 5.92 Å². The largest absolute Gasteiger partial charge is 0.294 e. The monoisotopic (exact) mass is 272 g/mol. The Balaban J connectivity index is 2.17. The summed E-state index contributed by atoms with van der Waals surface area (Å²) in [6.07, 6.45) is 1.78. The highest BCUT2D eigenvalue weighted by molar-refractivity contribution is 5.97. The Morgan fingerprint density at radius 3 is 2.50 bits per heavy atom. The van der Waals surface area contributed by atoms with E-state index in [4.69, 9.17) is 0 Å². The highest BCUT2D eigenvalue weighted by Crippen LogP contribution is 2.10. The predicted octanol–water partition coefficient (Wildman–Crippen LogP) is 2.37. The number of ketones is 1. The molecule has 0 atom stereocenters. The third-order valence-electron chi connectivity index (χ3n) is 2.96. The van der Waals surface area contributed by atoms with Gasteiger partial charge in [0, 0.05) is 23.5 Å². The van der Waals surface area contributed by atoms with E-state index in [0.717, 1.165) is 23.8 Å². The molecule has 0 fully saturated rings. The van der Waals surface area contributed by atoms with Crippen LogP contribution in [0.15, 0.2) is 18.5 Å². The molecule has 0 aliphatic rings. The molecule has 0 radical (unpaired) electrons. The van der Waals surface area contributed by atoms with Crippen LogP contribution >= 0.6 is 0 Å². The van der Waals surface area contributed by atoms with E-state index in [1.807, 2.05) is 30.7 Å². The van der Waals surface area contributed by atoms with Gasteiger partial charge in [-0.25, -0.2) is 9.67 Å². The summed E-state index contributed by atoms with van der Waals surface area (Å²) in [5.41, 5.74) is 2.41. The normalized spacial score (nSPS) is 11.1. The van der Waals surface area contributed by atoms with Gasteiger partial charge in [0.15, 0.2) is 5.78 Å². The number of nitrogens with zero attached hydrogens (tertiary/aromatic N) is 4. The van der Waals surface area contributed by atoms with Gasteiger partial charge in [0.25, 0.3) is 0 Å². The Hall–Kier alpha value is -2.04. The Morgan fingerprint density at radius 1 is 1.25 bits per heavy atom. The lowest BCUT2D eigenvalue weighted by Gasteiger charge is -2.08. The molecule has 106 valence electrons. The summed E-state index contributed by atoms with van der Waals surface area (Å²) in [5.74, 6) is 1.24. The van der Waals surface area contributed by atoms with E-state index in [1.165, 1.54) is 6.33 Å². The number of aromatic nitrogens is 4. The standard InChI is InChI=1S/C15H20N4O/c1-10(2)8-19-15(16-9-17-19)7-14(20)13-5-11(3)18-12(4)6-13/h5-6,9-10H,7-8H2,1-4H3. The van der Waals surface area contributed by atoms with Crippen molar-refractivity contribution in [3.63, 3.8) is 0 Å². The molecule has 0 saturated heterocycles. The summed E-state index contributed by atoms with van der Waals surface area (Å²) in [6.45, 7) is 8.79. The molecule has 0 N–H and O–H groups in total. The second-order valence-corrected chi connectivity index (χ2v) is 5.49. The molecule has 5 heteroatoms. The molecule has 0 bridgehead atoms. The number of hydrogen-bond donors (Lipinski definition) is 0. The molecule has 0 aliphatic heterocycles. The molecular formula is C15H20N4O. The first kappa shape index (κ1) is 14.4. The first-order valence-corrected chi connectivity index (χ1v) is 6.81. The van der Waals surface area contributed by atoms with Crippen LogP contribution in [0, 0.1) is 19.8 Å². The van der Waals surface area contributed by atoms with E-state index < -0.39 is 0 Å². The van der Waals surface area contributed by atoms with E-state index >= 15 is 0 Å². The van der Waals surface area contributed by atoms with Crippen LogP contribution in [0.1, 0.15) is 41.4 Å². The zero-order valence-electron chi connectivity index (χ0n) is 12.4. The van der Waals surface area contributed by atoms with Crippen molar-refractivity contribution in [1.82, 2.24) is 19.7 Å². The molecule has 2 aromatic rings. The number of hydrogen-bond acceptors (Lipinski definition) is 4. The Morgan fingerprint density at radius 2 is 1.90 bits per heavy atom. The van der Waals surface area contributed by atoms with Gasteiger partial charge in [-0.15, -0.1) is 0 Å². The Bertz CT molecular complexity index is 596. The molecule has 0 amide bonds. The van der Waals surface area contributed by atoms with Crippen molar-refractivity contribution in [2.45, 2.75) is 40.7 Å². The van der Waals surface area contributed by atoms with Crippen LogP contribution in [0.4, 0.5) is 0 Å². The summed E-state index contributed by atoms with van der Waals surface area (Å²) in [7, 11) is 0. The minimum absolute atomic E-state index is 0.0524. The number of carbonyl (C=O) groups excluding carboxylic acids is 1. The lowest BCUT2D eigenvalue weighted by Crippen LogP contribution is -2.14. The minimum Gasteiger partial charge on any atom is -0.294 e. The Kier molecular flexibility index (Phi) is 4.27. The first-order valence-electron chi connectivity index (χ1n) is 6.81. The van der Waals surface area contributed by atoms with Gasteiger partial charge < -0.3 is 0 Å². The molecule has 2 aromatic heterocycles. The van der Waals surface area contributed by atoms with Gasteiger partial charge in [0.05, 0.1) is 6.42 Å². The van der Waals surface area contributed by atoms with Crippen LogP contribution in [0.25, 0.3) is 0 Å². The van der Waals surface area contributed by atoms with Crippen molar-refractivity contribution < 1.29 is 4.79 Å². The lowest BCUT2D eigenvalue weighted by molar-refractivity contribution is 0.0988. The van der Waals surface area contributed by atoms with Crippen molar-refractivity contribution in [1.29, 1.82) is 0 Å². The highest BCUT2D eigenvalue weighted by atomic mass is 16.1. The second kappa shape index (κ2) is 5.94. The number of pyridine rings is 1. The van der Waals surface area contributed by atoms with Gasteiger partial charge in [0.2, 0.25) is 0 Å². The first-order chi connectivity index (χ1) is 9.45. The molecule has 0 saturated carbocycles. The summed E-state index contributed by atoms with van der Waals surface area (Å²) < 4.78 is 1.81. The van der Waals surface area contributed by atoms with Crippen molar-refractivity contribution >= 4 is 5.78 Å². The zero-order chi connectivity index (χ0) is 14.7. The number of Topliss-reactive ketones (excluding diaryl/α,β-unsaturated/α-hetero) is 1. The average molecular weight is 272 g/mol. The molecule has 2 heterocycles. The van der Waals surface area contributed by atoms with Gasteiger partial charge in [-0.1, -0.05) is 13.8 Å². The van der Waals surface area contributed by atoms with Gasteiger partial charge in [-0.05, 0) is 31.9 Å². The van der Waals surface area contributed by atoms with E-state index in [2.05, 4.69) is 28.9 Å². The maximum absolute atomic E-state index is 12.3. The maximum Gasteiger partial charge on any atom is 0.170 e. The lowest BCUT2D eigenvalue weighted by atomic mass is 10.1. The summed E-state index contributed by atoms with van der Waals surface area (Å²) in [4.78, 5) is 20.8. The summed E-state index contributed by atoms with van der Waals surface area (Å²) >= 11 is 0. The minimum atomic E-state index is 0.0524. The van der Waals surface area contributed by atoms with E-state index in [9.17, 15) is 4.79 Å². The molecule has 20 heavy (non-hydrogen) atoms. The van der Waals surface area contributed by atoms with E-state index in [-0.39, 0.29) is 12.2 Å². The summed E-state index contributed by atoms with van der Waals surface area (Å²) in [5, 5.41) is 4.18. The van der Waals surface area contributed by atoms with Crippen molar-refractivity contribution in [3.8, 4) is 0 Å². The van der Waals surface area contributed by atoms with Crippen LogP contribution in [0.3, 0.4) is 0 Å². The summed E-state index contributed by atoms with van der Waals surface area (Å²) in [6, 6.07) is 3.64. The van der Waals surface area contributed by atoms with Crippen molar-refractivity contribution in [3.05, 3.63) is 41.2 Å². The fraction of sp³-hybridized carbons (Fsp3) is 0.467. The van der Waals surface area contributed by atoms with Crippen LogP contribution in [0.2, 0.25) is 0 Å². The van der Waals surface area contributed by atoms with Crippen LogP contribution < -0.4 is 0 Å². The number of aryl methyl sites for hydroxylation is 2. The topological polar surface area (TPSA) is 60.7 Å². The van der Waals surface area contributed by atoms with Gasteiger partial charge in [0.1, 0.15) is 12.2 Å². The quantitative estimate of drug-likeness (QED) is 0.784. The fourth-order valence-corrected chi connectivity index (χ4v) is 2.16. The molecule has 0 spiro atoms. The average Bonchev–Trinajstić information content (AvgIpc) is 2.74. The SMILES string of the molecule is Cc1cc(C(=O)Cc2ncnn2CC(C)C)cc(C)n1. The van der Waals surface area contributed by atoms with Gasteiger partial charge >= 0.3 is 0 Å². The zero-order valence-corrected chi connectivity index (χ0v) is 12.4. The number of rotatable bonds is 5. The Labute approximate surface area is 119 Å². The predicted molar refractivity (Wildman–Crippen MR) is 76.6 cm³/mol. The molecule has 0 unspecified atom stereocenters. The van der Waals surface area contributed by atoms with Gasteiger partial charge in [-0.3, -0.25) is 9.78 Å². The third kappa shape index (κ3) is 3.50. The molecule has 2 rings (SSSR count). The number of carbonyl (C=O) groups is 1. The molecule has 5 nitrogen and oxygen atoms in total. The van der Waals surface area contributed by atoms with Crippen LogP contribution in [-0.4, -0.2) is 25.5 Å². The molecular weight excluding hydrogens is 252 g/mol. The smallest absolute Gasteiger partial charge is 0.170 e. The van der Waals surface area contributed by atoms with Crippen LogP contribution in [0.5, 0.6) is 0 Å². The van der Waals surface area contributed by atoms with Gasteiger partial charge in [-0.2, -0.15) is 5.10 Å². The van der Waals surface area contributed by atoms with Crippen molar-refractivity contribution in [2.75, 3.05) is 0 Å². The fourth-order valence-electron chi connectivity index (χ4n) is 2.16. The van der Waals surface area contributed by atoms with Crippen LogP contribution in [-0.2, 0) is 13.0 Å². The highest BCUT2D eigenvalue weighted by Gasteiger charge is 2.13. The maximum atomic E-state index is 12.3. The molecule has 0 aliphatic carbocycles. The second-order valence-electron chi connectivity index (χ2n) is 5.49. The molecule has 0 aromatic carbocycles. The van der Waals surface area contributed by atoms with E-state index in [1.54, 1.807) is 0 Å². The van der Waals surface area contributed by atoms with E-state index in [0.29, 0.717) is 11.5 Å². The third-order valence-corrected chi connectivity index (χ3v) is 2.96.